The number of carboxylic acids is 1. The second-order valence-corrected chi connectivity index (χ2v) is 11.2. The lowest BCUT2D eigenvalue weighted by Gasteiger charge is -2.25. The van der Waals surface area contributed by atoms with E-state index in [2.05, 4.69) is 34.6 Å². The molecule has 2 heteroatoms. The highest BCUT2D eigenvalue weighted by atomic mass is 16.4. The SMILES string of the molecule is CCCCC(CCC)CC(C(=O)O)C(C)CCCCCCCCCCCCCCC(C)C. The van der Waals surface area contributed by atoms with Gasteiger partial charge in [0.25, 0.3) is 0 Å². The highest BCUT2D eigenvalue weighted by Gasteiger charge is 2.27. The molecule has 0 aliphatic rings. The normalized spacial score (nSPS) is 14.6. The predicted molar refractivity (Wildman–Crippen MR) is 142 cm³/mol. The molecule has 0 aromatic rings. The molecule has 0 saturated heterocycles. The first-order chi connectivity index (χ1) is 15.4. The zero-order valence-corrected chi connectivity index (χ0v) is 22.8. The maximum atomic E-state index is 11.9. The van der Waals surface area contributed by atoms with Gasteiger partial charge < -0.3 is 5.11 Å². The Hall–Kier alpha value is -0.530. The fourth-order valence-electron chi connectivity index (χ4n) is 5.20. The molecule has 32 heavy (non-hydrogen) atoms. The Labute approximate surface area is 202 Å². The summed E-state index contributed by atoms with van der Waals surface area (Å²) in [6, 6.07) is 0. The lowest BCUT2D eigenvalue weighted by molar-refractivity contribution is -0.144. The maximum Gasteiger partial charge on any atom is 0.306 e. The van der Waals surface area contributed by atoms with Crippen molar-refractivity contribution in [2.45, 2.75) is 163 Å². The van der Waals surface area contributed by atoms with Gasteiger partial charge in [0.2, 0.25) is 0 Å². The van der Waals surface area contributed by atoms with Gasteiger partial charge in [-0.05, 0) is 30.6 Å². The van der Waals surface area contributed by atoms with Gasteiger partial charge in [-0.15, -0.1) is 0 Å². The smallest absolute Gasteiger partial charge is 0.306 e. The van der Waals surface area contributed by atoms with E-state index in [-0.39, 0.29) is 5.92 Å². The van der Waals surface area contributed by atoms with Gasteiger partial charge in [-0.3, -0.25) is 4.79 Å². The first-order valence-electron chi connectivity index (χ1n) is 14.6. The van der Waals surface area contributed by atoms with Crippen molar-refractivity contribution in [2.75, 3.05) is 0 Å². The number of carboxylic acid groups (broad SMARTS) is 1. The molecule has 0 amide bonds. The van der Waals surface area contributed by atoms with Crippen LogP contribution in [0.3, 0.4) is 0 Å². The molecular formula is C30H60O2. The molecule has 0 bridgehead atoms. The molecule has 0 saturated carbocycles. The van der Waals surface area contributed by atoms with Crippen LogP contribution in [0.5, 0.6) is 0 Å². The summed E-state index contributed by atoms with van der Waals surface area (Å²) < 4.78 is 0. The molecule has 0 aromatic heterocycles. The molecule has 3 unspecified atom stereocenters. The van der Waals surface area contributed by atoms with Crippen LogP contribution >= 0.6 is 0 Å². The van der Waals surface area contributed by atoms with Crippen molar-refractivity contribution in [3.05, 3.63) is 0 Å². The number of rotatable bonds is 24. The van der Waals surface area contributed by atoms with E-state index in [1.165, 1.54) is 116 Å². The van der Waals surface area contributed by atoms with Crippen LogP contribution in [0.4, 0.5) is 0 Å². The quantitative estimate of drug-likeness (QED) is 0.148. The topological polar surface area (TPSA) is 37.3 Å². The third-order valence-electron chi connectivity index (χ3n) is 7.45. The van der Waals surface area contributed by atoms with Gasteiger partial charge in [0.1, 0.15) is 0 Å². The number of aliphatic carboxylic acids is 1. The number of hydrogen-bond acceptors (Lipinski definition) is 1. The Morgan fingerprint density at radius 2 is 1.06 bits per heavy atom. The van der Waals surface area contributed by atoms with Gasteiger partial charge in [-0.2, -0.15) is 0 Å². The van der Waals surface area contributed by atoms with E-state index in [0.29, 0.717) is 11.8 Å². The summed E-state index contributed by atoms with van der Waals surface area (Å²) in [5.74, 6) is 1.08. The summed E-state index contributed by atoms with van der Waals surface area (Å²) in [7, 11) is 0. The molecule has 0 spiro atoms. The monoisotopic (exact) mass is 452 g/mol. The molecule has 2 nitrogen and oxygen atoms in total. The second kappa shape index (κ2) is 22.3. The molecule has 3 atom stereocenters. The molecule has 0 aliphatic heterocycles. The van der Waals surface area contributed by atoms with E-state index in [0.717, 1.165) is 18.8 Å². The molecule has 0 radical (unpaired) electrons. The second-order valence-electron chi connectivity index (χ2n) is 11.2. The van der Waals surface area contributed by atoms with Crippen molar-refractivity contribution in [1.82, 2.24) is 0 Å². The summed E-state index contributed by atoms with van der Waals surface area (Å²) in [4.78, 5) is 11.9. The number of carbonyl (C=O) groups is 1. The van der Waals surface area contributed by atoms with E-state index < -0.39 is 5.97 Å². The Morgan fingerprint density at radius 3 is 1.47 bits per heavy atom. The molecule has 0 aliphatic carbocycles. The summed E-state index contributed by atoms with van der Waals surface area (Å²) in [5, 5.41) is 9.81. The molecule has 192 valence electrons. The van der Waals surface area contributed by atoms with Crippen LogP contribution in [0.2, 0.25) is 0 Å². The Balaban J connectivity index is 3.77. The third kappa shape index (κ3) is 19.0. The lowest BCUT2D eigenvalue weighted by atomic mass is 9.80. The molecule has 0 heterocycles. The van der Waals surface area contributed by atoms with E-state index in [1.54, 1.807) is 0 Å². The van der Waals surface area contributed by atoms with Crippen molar-refractivity contribution in [3.8, 4) is 0 Å². The minimum atomic E-state index is -0.560. The first-order valence-corrected chi connectivity index (χ1v) is 14.6. The van der Waals surface area contributed by atoms with E-state index >= 15 is 0 Å². The summed E-state index contributed by atoms with van der Waals surface area (Å²) in [6.07, 6.45) is 25.9. The van der Waals surface area contributed by atoms with Crippen LogP contribution in [0, 0.1) is 23.7 Å². The zero-order chi connectivity index (χ0) is 24.0. The molecule has 0 rings (SSSR count). The van der Waals surface area contributed by atoms with E-state index in [4.69, 9.17) is 0 Å². The molecule has 1 N–H and O–H groups in total. The Morgan fingerprint density at radius 1 is 0.594 bits per heavy atom. The first kappa shape index (κ1) is 31.5. The minimum absolute atomic E-state index is 0.145. The molecular weight excluding hydrogens is 392 g/mol. The minimum Gasteiger partial charge on any atom is -0.481 e. The molecule has 0 fully saturated rings. The third-order valence-corrected chi connectivity index (χ3v) is 7.45. The van der Waals surface area contributed by atoms with Crippen LogP contribution in [0.1, 0.15) is 163 Å². The Kier molecular flexibility index (Phi) is 21.9. The summed E-state index contributed by atoms with van der Waals surface area (Å²) in [6.45, 7) is 11.3. The van der Waals surface area contributed by atoms with Crippen LogP contribution in [-0.4, -0.2) is 11.1 Å². The average molecular weight is 453 g/mol. The van der Waals surface area contributed by atoms with Crippen LogP contribution in [0.15, 0.2) is 0 Å². The van der Waals surface area contributed by atoms with Crippen molar-refractivity contribution in [1.29, 1.82) is 0 Å². The zero-order valence-electron chi connectivity index (χ0n) is 22.8. The van der Waals surface area contributed by atoms with Crippen LogP contribution in [-0.2, 0) is 4.79 Å². The maximum absolute atomic E-state index is 11.9. The van der Waals surface area contributed by atoms with Gasteiger partial charge in [-0.1, -0.05) is 150 Å². The number of unbranched alkanes of at least 4 members (excludes halogenated alkanes) is 12. The van der Waals surface area contributed by atoms with Crippen molar-refractivity contribution in [3.63, 3.8) is 0 Å². The average Bonchev–Trinajstić information content (AvgIpc) is 2.75. The van der Waals surface area contributed by atoms with Crippen molar-refractivity contribution < 1.29 is 9.90 Å². The van der Waals surface area contributed by atoms with Crippen LogP contribution < -0.4 is 0 Å². The highest BCUT2D eigenvalue weighted by Crippen LogP contribution is 2.30. The van der Waals surface area contributed by atoms with E-state index in [1.807, 2.05) is 0 Å². The standard InChI is InChI=1S/C30H60O2/c1-6-8-24-28(21-7-2)25-29(30(31)32)27(5)23-20-18-16-14-12-10-9-11-13-15-17-19-22-26(3)4/h26-29H,6-25H2,1-5H3,(H,31,32). The van der Waals surface area contributed by atoms with Gasteiger partial charge >= 0.3 is 5.97 Å². The Bertz CT molecular complexity index is 404. The summed E-state index contributed by atoms with van der Waals surface area (Å²) in [5.41, 5.74) is 0. The van der Waals surface area contributed by atoms with Crippen LogP contribution in [0.25, 0.3) is 0 Å². The lowest BCUT2D eigenvalue weighted by Crippen LogP contribution is -2.25. The molecule has 0 aromatic carbocycles. The summed E-state index contributed by atoms with van der Waals surface area (Å²) >= 11 is 0. The van der Waals surface area contributed by atoms with Gasteiger partial charge in [0.15, 0.2) is 0 Å². The van der Waals surface area contributed by atoms with Gasteiger partial charge in [-0.25, -0.2) is 0 Å². The fraction of sp³-hybridized carbons (Fsp3) is 0.967. The number of hydrogen-bond donors (Lipinski definition) is 1. The van der Waals surface area contributed by atoms with Gasteiger partial charge in [0.05, 0.1) is 5.92 Å². The van der Waals surface area contributed by atoms with E-state index in [9.17, 15) is 9.90 Å². The van der Waals surface area contributed by atoms with Gasteiger partial charge in [0, 0.05) is 0 Å². The largest absolute Gasteiger partial charge is 0.481 e. The van der Waals surface area contributed by atoms with Crippen molar-refractivity contribution in [2.24, 2.45) is 23.7 Å². The fourth-order valence-corrected chi connectivity index (χ4v) is 5.20. The van der Waals surface area contributed by atoms with Crippen molar-refractivity contribution >= 4 is 5.97 Å². The predicted octanol–water partition coefficient (Wildman–Crippen LogP) is 10.4. The highest BCUT2D eigenvalue weighted by molar-refractivity contribution is 5.70.